The Hall–Kier alpha value is 0.154. The molecule has 1 nitrogen and oxygen atoms in total. The van der Waals surface area contributed by atoms with E-state index in [9.17, 15) is 0 Å². The van der Waals surface area contributed by atoms with Crippen LogP contribution in [0.2, 0.25) is 0 Å². The molecule has 0 saturated carbocycles. The molecule has 0 aliphatic heterocycles. The maximum absolute atomic E-state index is 5.83. The molecule has 0 aromatic heterocycles. The molecule has 0 radical (unpaired) electrons. The third-order valence-corrected chi connectivity index (χ3v) is 3.35. The minimum atomic E-state index is -0.101. The van der Waals surface area contributed by atoms with E-state index >= 15 is 0 Å². The Morgan fingerprint density at radius 2 is 1.93 bits per heavy atom. The van der Waals surface area contributed by atoms with Crippen molar-refractivity contribution in [2.75, 3.05) is 7.11 Å². The Labute approximate surface area is 109 Å². The standard InChI is InChI=1S/C13H22O.Ti/c1-6-13(14-5,12(2,3)4)11-9-7-8-10-11;/h7-9H,6,10H2,1-5H3;. The number of methoxy groups -OCH3 is 1. The predicted molar refractivity (Wildman–Crippen MR) is 61.3 cm³/mol. The molecule has 15 heavy (non-hydrogen) atoms. The fourth-order valence-electron chi connectivity index (χ4n) is 2.57. The Morgan fingerprint density at radius 3 is 2.20 bits per heavy atom. The molecule has 1 unspecified atom stereocenters. The van der Waals surface area contributed by atoms with Crippen LogP contribution < -0.4 is 0 Å². The molecule has 1 aliphatic rings. The minimum absolute atomic E-state index is 0. The summed E-state index contributed by atoms with van der Waals surface area (Å²) in [5.41, 5.74) is 1.46. The van der Waals surface area contributed by atoms with E-state index < -0.39 is 0 Å². The third kappa shape index (κ3) is 2.64. The summed E-state index contributed by atoms with van der Waals surface area (Å²) in [4.78, 5) is 0. The van der Waals surface area contributed by atoms with Crippen molar-refractivity contribution in [3.05, 3.63) is 23.8 Å². The quantitative estimate of drug-likeness (QED) is 0.685. The van der Waals surface area contributed by atoms with Crippen molar-refractivity contribution in [2.24, 2.45) is 5.41 Å². The van der Waals surface area contributed by atoms with Crippen LogP contribution >= 0.6 is 0 Å². The van der Waals surface area contributed by atoms with Crippen LogP contribution in [0.1, 0.15) is 40.5 Å². The molecule has 84 valence electrons. The van der Waals surface area contributed by atoms with Gasteiger partial charge in [0.1, 0.15) is 0 Å². The first-order valence-electron chi connectivity index (χ1n) is 5.39. The van der Waals surface area contributed by atoms with Crippen LogP contribution in [0.3, 0.4) is 0 Å². The molecule has 0 aromatic rings. The molecule has 0 amide bonds. The number of ether oxygens (including phenoxy) is 1. The van der Waals surface area contributed by atoms with E-state index in [1.807, 2.05) is 7.11 Å². The second-order valence-electron chi connectivity index (χ2n) is 4.96. The van der Waals surface area contributed by atoms with Crippen LogP contribution in [0.25, 0.3) is 0 Å². The molecule has 0 N–H and O–H groups in total. The Bertz CT molecular complexity index is 254. The van der Waals surface area contributed by atoms with E-state index in [1.165, 1.54) is 5.57 Å². The zero-order chi connectivity index (χ0) is 10.8. The Morgan fingerprint density at radius 1 is 1.33 bits per heavy atom. The molecule has 0 saturated heterocycles. The Balaban J connectivity index is 0.00000196. The molecule has 0 spiro atoms. The summed E-state index contributed by atoms with van der Waals surface area (Å²) in [6.45, 7) is 8.95. The van der Waals surface area contributed by atoms with Crippen molar-refractivity contribution in [1.82, 2.24) is 0 Å². The maximum Gasteiger partial charge on any atom is 0.0939 e. The van der Waals surface area contributed by atoms with Gasteiger partial charge in [-0.2, -0.15) is 0 Å². The zero-order valence-corrected chi connectivity index (χ0v) is 12.1. The SMILES string of the molecule is CCC(OC)(C1=CC=CC1)C(C)(C)C.[Ti]. The minimum Gasteiger partial charge on any atom is -0.373 e. The van der Waals surface area contributed by atoms with Crippen molar-refractivity contribution in [3.63, 3.8) is 0 Å². The third-order valence-electron chi connectivity index (χ3n) is 3.35. The van der Waals surface area contributed by atoms with Crippen LogP contribution in [-0.2, 0) is 26.5 Å². The fraction of sp³-hybridized carbons (Fsp3) is 0.692. The number of hydrogen-bond donors (Lipinski definition) is 0. The van der Waals surface area contributed by atoms with Gasteiger partial charge in [-0.1, -0.05) is 45.9 Å². The van der Waals surface area contributed by atoms with E-state index in [2.05, 4.69) is 45.9 Å². The average molecular weight is 242 g/mol. The van der Waals surface area contributed by atoms with Gasteiger partial charge in [-0.05, 0) is 23.8 Å². The van der Waals surface area contributed by atoms with Gasteiger partial charge in [0, 0.05) is 28.8 Å². The van der Waals surface area contributed by atoms with Crippen LogP contribution in [0.5, 0.6) is 0 Å². The topological polar surface area (TPSA) is 9.23 Å². The van der Waals surface area contributed by atoms with E-state index in [-0.39, 0.29) is 32.7 Å². The molecule has 1 atom stereocenters. The summed E-state index contributed by atoms with van der Waals surface area (Å²) in [5.74, 6) is 0. The molecule has 0 heterocycles. The van der Waals surface area contributed by atoms with E-state index in [4.69, 9.17) is 4.74 Å². The first-order chi connectivity index (χ1) is 6.48. The van der Waals surface area contributed by atoms with Crippen LogP contribution in [-0.4, -0.2) is 12.7 Å². The number of rotatable bonds is 3. The first-order valence-corrected chi connectivity index (χ1v) is 5.39. The molecule has 1 aliphatic carbocycles. The molecule has 0 bridgehead atoms. The van der Waals surface area contributed by atoms with Gasteiger partial charge < -0.3 is 4.74 Å². The van der Waals surface area contributed by atoms with Crippen LogP contribution in [0, 0.1) is 5.41 Å². The number of hydrogen-bond acceptors (Lipinski definition) is 1. The average Bonchev–Trinajstić information content (AvgIpc) is 2.58. The van der Waals surface area contributed by atoms with Crippen LogP contribution in [0.15, 0.2) is 23.8 Å². The van der Waals surface area contributed by atoms with E-state index in [0.717, 1.165) is 12.8 Å². The summed E-state index contributed by atoms with van der Waals surface area (Å²) in [6.07, 6.45) is 8.60. The molecular weight excluding hydrogens is 220 g/mol. The van der Waals surface area contributed by atoms with Crippen LogP contribution in [0.4, 0.5) is 0 Å². The van der Waals surface area contributed by atoms with Crippen molar-refractivity contribution >= 4 is 0 Å². The van der Waals surface area contributed by atoms with Crippen molar-refractivity contribution < 1.29 is 26.5 Å². The summed E-state index contributed by atoms with van der Waals surface area (Å²) >= 11 is 0. The largest absolute Gasteiger partial charge is 0.373 e. The molecule has 1 rings (SSSR count). The molecule has 2 heteroatoms. The molecule has 0 aromatic carbocycles. The van der Waals surface area contributed by atoms with Gasteiger partial charge in [0.2, 0.25) is 0 Å². The van der Waals surface area contributed by atoms with Gasteiger partial charge in [-0.15, -0.1) is 0 Å². The zero-order valence-electron chi connectivity index (χ0n) is 10.6. The van der Waals surface area contributed by atoms with Gasteiger partial charge in [0.05, 0.1) is 5.60 Å². The van der Waals surface area contributed by atoms with Gasteiger partial charge in [-0.25, -0.2) is 0 Å². The summed E-state index contributed by atoms with van der Waals surface area (Å²) in [7, 11) is 1.83. The van der Waals surface area contributed by atoms with E-state index in [1.54, 1.807) is 0 Å². The second kappa shape index (κ2) is 5.47. The summed E-state index contributed by atoms with van der Waals surface area (Å²) in [5, 5.41) is 0. The summed E-state index contributed by atoms with van der Waals surface area (Å²) < 4.78 is 5.83. The maximum atomic E-state index is 5.83. The smallest absolute Gasteiger partial charge is 0.0939 e. The van der Waals surface area contributed by atoms with Gasteiger partial charge in [0.25, 0.3) is 0 Å². The monoisotopic (exact) mass is 242 g/mol. The number of allylic oxidation sites excluding steroid dienone is 3. The van der Waals surface area contributed by atoms with Gasteiger partial charge >= 0.3 is 0 Å². The Kier molecular flexibility index (Phi) is 5.53. The molecule has 0 fully saturated rings. The van der Waals surface area contributed by atoms with Crippen molar-refractivity contribution in [1.29, 1.82) is 0 Å². The van der Waals surface area contributed by atoms with Crippen molar-refractivity contribution in [2.45, 2.75) is 46.1 Å². The van der Waals surface area contributed by atoms with E-state index in [0.29, 0.717) is 0 Å². The second-order valence-corrected chi connectivity index (χ2v) is 4.96. The van der Waals surface area contributed by atoms with Crippen molar-refractivity contribution in [3.8, 4) is 0 Å². The first kappa shape index (κ1) is 15.2. The van der Waals surface area contributed by atoms with Gasteiger partial charge in [0.15, 0.2) is 0 Å². The summed E-state index contributed by atoms with van der Waals surface area (Å²) in [6, 6.07) is 0. The predicted octanol–water partition coefficient (Wildman–Crippen LogP) is 3.71. The van der Waals surface area contributed by atoms with Gasteiger partial charge in [-0.3, -0.25) is 0 Å². The normalized spacial score (nSPS) is 19.4. The molecular formula is C13H22OTi. The fourth-order valence-corrected chi connectivity index (χ4v) is 2.57.